The van der Waals surface area contributed by atoms with E-state index in [4.69, 9.17) is 9.84 Å². The van der Waals surface area contributed by atoms with E-state index in [1.807, 2.05) is 0 Å². The molecule has 1 aromatic carbocycles. The summed E-state index contributed by atoms with van der Waals surface area (Å²) in [4.78, 5) is 11.1. The zero-order valence-electron chi connectivity index (χ0n) is 12.3. The van der Waals surface area contributed by atoms with Crippen LogP contribution in [0.1, 0.15) is 13.3 Å². The molecular weight excluding hydrogens is 306 g/mol. The molecule has 0 unspecified atom stereocenters. The molecule has 0 bridgehead atoms. The van der Waals surface area contributed by atoms with E-state index in [0.717, 1.165) is 0 Å². The number of Topliss-reactive ketones (excluding diaryl/α,β-unsaturated/α-hetero) is 1. The lowest BCUT2D eigenvalue weighted by atomic mass is 10.3. The average Bonchev–Trinajstić information content (AvgIpc) is 2.52. The zero-order chi connectivity index (χ0) is 16.4. The molecule has 1 aromatic rings. The summed E-state index contributed by atoms with van der Waals surface area (Å²) < 4.78 is 29.4. The lowest BCUT2D eigenvalue weighted by Gasteiger charge is -2.07. The first kappa shape index (κ1) is 18.2. The number of benzene rings is 1. The van der Waals surface area contributed by atoms with Crippen LogP contribution in [0, 0.1) is 11.8 Å². The Bertz CT molecular complexity index is 641. The topological polar surface area (TPSA) is 92.7 Å². The van der Waals surface area contributed by atoms with Gasteiger partial charge in [-0.15, -0.1) is 5.92 Å². The smallest absolute Gasteiger partial charge is 0.191 e. The van der Waals surface area contributed by atoms with Gasteiger partial charge in [0, 0.05) is 13.0 Å². The molecule has 0 saturated heterocycles. The molecular formula is C15H19NO5S. The van der Waals surface area contributed by atoms with E-state index in [9.17, 15) is 13.2 Å². The number of nitrogens with one attached hydrogen (secondary N) is 1. The van der Waals surface area contributed by atoms with E-state index < -0.39 is 16.4 Å². The van der Waals surface area contributed by atoms with E-state index in [-0.39, 0.29) is 36.1 Å². The third kappa shape index (κ3) is 6.26. The van der Waals surface area contributed by atoms with Crippen molar-refractivity contribution in [2.24, 2.45) is 0 Å². The number of rotatable bonds is 9. The van der Waals surface area contributed by atoms with Gasteiger partial charge in [-0.3, -0.25) is 4.79 Å². The standard InChI is InChI=1S/C15H19NO5S/c1-2-3-10-21-14-4-6-15(7-5-14)22(19,20)12-16-9-8-13(18)11-17/h4-7,16-17H,8-12H2,1H3. The van der Waals surface area contributed by atoms with Gasteiger partial charge in [0.05, 0.1) is 4.90 Å². The summed E-state index contributed by atoms with van der Waals surface area (Å²) in [5, 5.41) is 11.2. The van der Waals surface area contributed by atoms with Crippen molar-refractivity contribution >= 4 is 15.6 Å². The highest BCUT2D eigenvalue weighted by atomic mass is 32.2. The molecule has 0 saturated carbocycles. The SMILES string of the molecule is CC#CCOc1ccc(S(=O)(=O)CNCCC(=O)CO)cc1. The lowest BCUT2D eigenvalue weighted by molar-refractivity contribution is -0.121. The second-order valence-electron chi connectivity index (χ2n) is 4.39. The highest BCUT2D eigenvalue weighted by molar-refractivity contribution is 7.91. The fourth-order valence-corrected chi connectivity index (χ4v) is 2.66. The van der Waals surface area contributed by atoms with Crippen molar-refractivity contribution in [3.63, 3.8) is 0 Å². The summed E-state index contributed by atoms with van der Waals surface area (Å²) in [6.45, 7) is 1.64. The van der Waals surface area contributed by atoms with E-state index >= 15 is 0 Å². The van der Waals surface area contributed by atoms with Crippen LogP contribution in [0.3, 0.4) is 0 Å². The Hall–Kier alpha value is -1.88. The first-order valence-electron chi connectivity index (χ1n) is 6.68. The minimum Gasteiger partial charge on any atom is -0.481 e. The molecule has 0 aromatic heterocycles. The van der Waals surface area contributed by atoms with Crippen LogP contribution in [-0.4, -0.2) is 44.9 Å². The van der Waals surface area contributed by atoms with Gasteiger partial charge in [-0.1, -0.05) is 5.92 Å². The van der Waals surface area contributed by atoms with Crippen LogP contribution >= 0.6 is 0 Å². The number of ether oxygens (including phenoxy) is 1. The molecule has 0 aliphatic heterocycles. The first-order valence-corrected chi connectivity index (χ1v) is 8.33. The minimum atomic E-state index is -3.48. The third-order valence-corrected chi connectivity index (χ3v) is 4.29. The fourth-order valence-electron chi connectivity index (χ4n) is 1.53. The molecule has 0 radical (unpaired) electrons. The van der Waals surface area contributed by atoms with E-state index in [2.05, 4.69) is 17.2 Å². The molecule has 0 atom stereocenters. The maximum atomic E-state index is 12.1. The van der Waals surface area contributed by atoms with Crippen LogP contribution in [0.4, 0.5) is 0 Å². The Labute approximate surface area is 130 Å². The van der Waals surface area contributed by atoms with Crippen LogP contribution in [0.2, 0.25) is 0 Å². The number of sulfone groups is 1. The molecule has 7 heteroatoms. The normalized spacial score (nSPS) is 10.6. The van der Waals surface area contributed by atoms with Gasteiger partial charge in [0.15, 0.2) is 15.6 Å². The van der Waals surface area contributed by atoms with Crippen molar-refractivity contribution in [1.29, 1.82) is 0 Å². The average molecular weight is 325 g/mol. The zero-order valence-corrected chi connectivity index (χ0v) is 13.1. The van der Waals surface area contributed by atoms with Gasteiger partial charge < -0.3 is 15.2 Å². The maximum Gasteiger partial charge on any atom is 0.191 e. The van der Waals surface area contributed by atoms with Crippen molar-refractivity contribution in [3.8, 4) is 17.6 Å². The predicted octanol–water partition coefficient (Wildman–Crippen LogP) is 0.361. The molecule has 0 heterocycles. The monoisotopic (exact) mass is 325 g/mol. The second-order valence-corrected chi connectivity index (χ2v) is 6.38. The first-order chi connectivity index (χ1) is 10.5. The Morgan fingerprint density at radius 1 is 1.32 bits per heavy atom. The third-order valence-electron chi connectivity index (χ3n) is 2.72. The Morgan fingerprint density at radius 3 is 2.59 bits per heavy atom. The van der Waals surface area contributed by atoms with Gasteiger partial charge in [0.1, 0.15) is 24.8 Å². The Balaban J connectivity index is 2.53. The van der Waals surface area contributed by atoms with Crippen molar-refractivity contribution in [1.82, 2.24) is 5.32 Å². The van der Waals surface area contributed by atoms with Crippen LogP contribution < -0.4 is 10.1 Å². The summed E-state index contributed by atoms with van der Waals surface area (Å²) >= 11 is 0. The molecule has 22 heavy (non-hydrogen) atoms. The molecule has 1 rings (SSSR count). The van der Waals surface area contributed by atoms with Gasteiger partial charge in [-0.25, -0.2) is 8.42 Å². The van der Waals surface area contributed by atoms with Crippen molar-refractivity contribution < 1.29 is 23.1 Å². The van der Waals surface area contributed by atoms with Crippen LogP contribution in [0.5, 0.6) is 5.75 Å². The molecule has 120 valence electrons. The van der Waals surface area contributed by atoms with Crippen molar-refractivity contribution in [2.45, 2.75) is 18.2 Å². The van der Waals surface area contributed by atoms with Gasteiger partial charge in [0.2, 0.25) is 0 Å². The molecule has 0 aliphatic rings. The van der Waals surface area contributed by atoms with Crippen molar-refractivity contribution in [3.05, 3.63) is 24.3 Å². The van der Waals surface area contributed by atoms with Gasteiger partial charge in [-0.2, -0.15) is 0 Å². The molecule has 0 fully saturated rings. The molecule has 0 spiro atoms. The molecule has 0 aliphatic carbocycles. The van der Waals surface area contributed by atoms with E-state index in [1.165, 1.54) is 12.1 Å². The van der Waals surface area contributed by atoms with E-state index in [0.29, 0.717) is 5.75 Å². The second kappa shape index (κ2) is 9.20. The fraction of sp³-hybridized carbons (Fsp3) is 0.400. The maximum absolute atomic E-state index is 12.1. The summed E-state index contributed by atoms with van der Waals surface area (Å²) in [5.41, 5.74) is 0. The number of hydrogen-bond donors (Lipinski definition) is 2. The summed E-state index contributed by atoms with van der Waals surface area (Å²) in [6.07, 6.45) is 0.0945. The highest BCUT2D eigenvalue weighted by Gasteiger charge is 2.14. The quantitative estimate of drug-likeness (QED) is 0.503. The Morgan fingerprint density at radius 2 is 2.00 bits per heavy atom. The van der Waals surface area contributed by atoms with Crippen LogP contribution in [0.15, 0.2) is 29.2 Å². The van der Waals surface area contributed by atoms with Crippen LogP contribution in [-0.2, 0) is 14.6 Å². The van der Waals surface area contributed by atoms with Gasteiger partial charge >= 0.3 is 0 Å². The summed E-state index contributed by atoms with van der Waals surface area (Å²) in [6, 6.07) is 6.06. The largest absolute Gasteiger partial charge is 0.481 e. The van der Waals surface area contributed by atoms with Gasteiger partial charge in [0.25, 0.3) is 0 Å². The summed E-state index contributed by atoms with van der Waals surface area (Å²) in [7, 11) is -3.48. The Kier molecular flexibility index (Phi) is 7.60. The van der Waals surface area contributed by atoms with Crippen LogP contribution in [0.25, 0.3) is 0 Å². The number of hydrogen-bond acceptors (Lipinski definition) is 6. The van der Waals surface area contributed by atoms with Crippen molar-refractivity contribution in [2.75, 3.05) is 25.6 Å². The predicted molar refractivity (Wildman–Crippen MR) is 82.2 cm³/mol. The number of aliphatic hydroxyl groups is 1. The van der Waals surface area contributed by atoms with E-state index in [1.54, 1.807) is 19.1 Å². The number of carbonyl (C=O) groups excluding carboxylic acids is 1. The number of ketones is 1. The van der Waals surface area contributed by atoms with Gasteiger partial charge in [-0.05, 0) is 31.2 Å². The summed E-state index contributed by atoms with van der Waals surface area (Å²) in [5.74, 6) is 5.38. The molecule has 6 nitrogen and oxygen atoms in total. The molecule has 2 N–H and O–H groups in total. The number of carbonyl (C=O) groups is 1. The highest BCUT2D eigenvalue weighted by Crippen LogP contribution is 2.16. The molecule has 0 amide bonds. The lowest BCUT2D eigenvalue weighted by Crippen LogP contribution is -2.26. The number of aliphatic hydroxyl groups excluding tert-OH is 1. The minimum absolute atomic E-state index is 0.0945.